The van der Waals surface area contributed by atoms with E-state index in [-0.39, 0.29) is 17.4 Å². The SMILES string of the molecule is COCC(C)C(=O)N1CCc2ccc(C(=O)O)cc2C1. The van der Waals surface area contributed by atoms with E-state index in [2.05, 4.69) is 0 Å². The summed E-state index contributed by atoms with van der Waals surface area (Å²) in [5, 5.41) is 9.02. The molecule has 0 saturated heterocycles. The smallest absolute Gasteiger partial charge is 0.335 e. The van der Waals surface area contributed by atoms with E-state index in [1.54, 1.807) is 24.1 Å². The van der Waals surface area contributed by atoms with Crippen LogP contribution in [0.5, 0.6) is 0 Å². The van der Waals surface area contributed by atoms with Gasteiger partial charge in [0.1, 0.15) is 0 Å². The van der Waals surface area contributed by atoms with Gasteiger partial charge < -0.3 is 14.7 Å². The molecule has 1 aromatic carbocycles. The summed E-state index contributed by atoms with van der Waals surface area (Å²) in [5.74, 6) is -1.06. The van der Waals surface area contributed by atoms with Crippen LogP contribution in [0.2, 0.25) is 0 Å². The fourth-order valence-corrected chi connectivity index (χ4v) is 2.51. The quantitative estimate of drug-likeness (QED) is 0.906. The lowest BCUT2D eigenvalue weighted by atomic mass is 9.96. The van der Waals surface area contributed by atoms with Crippen molar-refractivity contribution in [3.05, 3.63) is 34.9 Å². The Morgan fingerprint density at radius 2 is 2.15 bits per heavy atom. The number of carboxylic acid groups (broad SMARTS) is 1. The largest absolute Gasteiger partial charge is 0.478 e. The molecule has 1 aromatic rings. The van der Waals surface area contributed by atoms with Crippen LogP contribution < -0.4 is 0 Å². The molecule has 0 fully saturated rings. The molecule has 1 atom stereocenters. The molecule has 0 spiro atoms. The first-order chi connectivity index (χ1) is 9.52. The molecule has 1 heterocycles. The zero-order valence-electron chi connectivity index (χ0n) is 11.8. The number of rotatable bonds is 4. The summed E-state index contributed by atoms with van der Waals surface area (Å²) >= 11 is 0. The molecular formula is C15H19NO4. The van der Waals surface area contributed by atoms with Crippen LogP contribution >= 0.6 is 0 Å². The number of hydrogen-bond donors (Lipinski definition) is 1. The maximum absolute atomic E-state index is 12.2. The molecule has 0 bridgehead atoms. The number of hydrogen-bond acceptors (Lipinski definition) is 3. The van der Waals surface area contributed by atoms with E-state index < -0.39 is 5.97 Å². The number of fused-ring (bicyclic) bond motifs is 1. The van der Waals surface area contributed by atoms with Gasteiger partial charge in [-0.25, -0.2) is 4.79 Å². The number of carboxylic acids is 1. The predicted octanol–water partition coefficient (Wildman–Crippen LogP) is 1.55. The summed E-state index contributed by atoms with van der Waals surface area (Å²) in [6.45, 7) is 3.39. The number of ether oxygens (including phenoxy) is 1. The van der Waals surface area contributed by atoms with Gasteiger partial charge in [-0.3, -0.25) is 4.79 Å². The van der Waals surface area contributed by atoms with Crippen molar-refractivity contribution in [1.82, 2.24) is 4.90 Å². The zero-order chi connectivity index (χ0) is 14.7. The van der Waals surface area contributed by atoms with E-state index in [1.165, 1.54) is 0 Å². The van der Waals surface area contributed by atoms with Gasteiger partial charge in [-0.05, 0) is 29.7 Å². The molecule has 1 aliphatic heterocycles. The molecule has 2 rings (SSSR count). The van der Waals surface area contributed by atoms with Crippen LogP contribution in [0.25, 0.3) is 0 Å². The Morgan fingerprint density at radius 3 is 2.80 bits per heavy atom. The monoisotopic (exact) mass is 277 g/mol. The molecule has 0 radical (unpaired) electrons. The van der Waals surface area contributed by atoms with Gasteiger partial charge in [0.15, 0.2) is 0 Å². The van der Waals surface area contributed by atoms with E-state index in [0.717, 1.165) is 17.5 Å². The van der Waals surface area contributed by atoms with Gasteiger partial charge in [-0.2, -0.15) is 0 Å². The van der Waals surface area contributed by atoms with E-state index in [4.69, 9.17) is 9.84 Å². The van der Waals surface area contributed by atoms with Crippen molar-refractivity contribution in [2.75, 3.05) is 20.3 Å². The highest BCUT2D eigenvalue weighted by Crippen LogP contribution is 2.22. The average Bonchev–Trinajstić information content (AvgIpc) is 2.45. The number of aromatic carboxylic acids is 1. The van der Waals surface area contributed by atoms with Crippen molar-refractivity contribution in [3.8, 4) is 0 Å². The Morgan fingerprint density at radius 1 is 1.40 bits per heavy atom. The van der Waals surface area contributed by atoms with Crippen molar-refractivity contribution in [2.24, 2.45) is 5.92 Å². The first-order valence-corrected chi connectivity index (χ1v) is 6.65. The maximum atomic E-state index is 12.2. The predicted molar refractivity (Wildman–Crippen MR) is 73.6 cm³/mol. The molecule has 1 unspecified atom stereocenters. The van der Waals surface area contributed by atoms with Crippen LogP contribution in [0.4, 0.5) is 0 Å². The molecule has 0 aromatic heterocycles. The first kappa shape index (κ1) is 14.5. The first-order valence-electron chi connectivity index (χ1n) is 6.65. The topological polar surface area (TPSA) is 66.8 Å². The molecule has 0 saturated carbocycles. The minimum atomic E-state index is -0.941. The van der Waals surface area contributed by atoms with Gasteiger partial charge in [0.2, 0.25) is 5.91 Å². The average molecular weight is 277 g/mol. The highest BCUT2D eigenvalue weighted by Gasteiger charge is 2.25. The molecule has 1 aliphatic rings. The van der Waals surface area contributed by atoms with E-state index in [0.29, 0.717) is 19.7 Å². The van der Waals surface area contributed by atoms with Crippen LogP contribution in [0, 0.1) is 5.92 Å². The molecule has 108 valence electrons. The number of nitrogens with zero attached hydrogens (tertiary/aromatic N) is 1. The van der Waals surface area contributed by atoms with Crippen LogP contribution in [0.3, 0.4) is 0 Å². The minimum Gasteiger partial charge on any atom is -0.478 e. The van der Waals surface area contributed by atoms with Gasteiger partial charge >= 0.3 is 5.97 Å². The fraction of sp³-hybridized carbons (Fsp3) is 0.467. The summed E-state index contributed by atoms with van der Waals surface area (Å²) < 4.78 is 5.01. The lowest BCUT2D eigenvalue weighted by Crippen LogP contribution is -2.40. The summed E-state index contributed by atoms with van der Waals surface area (Å²) in [7, 11) is 1.58. The number of amides is 1. The van der Waals surface area contributed by atoms with Gasteiger partial charge in [0.25, 0.3) is 0 Å². The fourth-order valence-electron chi connectivity index (χ4n) is 2.51. The lowest BCUT2D eigenvalue weighted by Gasteiger charge is -2.31. The van der Waals surface area contributed by atoms with Crippen molar-refractivity contribution < 1.29 is 19.4 Å². The number of carbonyl (C=O) groups is 2. The second-order valence-electron chi connectivity index (χ2n) is 5.15. The number of methoxy groups -OCH3 is 1. The van der Waals surface area contributed by atoms with Crippen LogP contribution in [0.1, 0.15) is 28.4 Å². The van der Waals surface area contributed by atoms with E-state index in [9.17, 15) is 9.59 Å². The van der Waals surface area contributed by atoms with Crippen LogP contribution in [0.15, 0.2) is 18.2 Å². The Kier molecular flexibility index (Phi) is 4.39. The van der Waals surface area contributed by atoms with E-state index >= 15 is 0 Å². The molecule has 5 heteroatoms. The third kappa shape index (κ3) is 2.99. The third-order valence-electron chi connectivity index (χ3n) is 3.62. The number of carbonyl (C=O) groups excluding carboxylic acids is 1. The maximum Gasteiger partial charge on any atom is 0.335 e. The summed E-state index contributed by atoms with van der Waals surface area (Å²) in [4.78, 5) is 25.0. The van der Waals surface area contributed by atoms with E-state index in [1.807, 2.05) is 13.0 Å². The Bertz CT molecular complexity index is 527. The van der Waals surface area contributed by atoms with Gasteiger partial charge in [-0.1, -0.05) is 13.0 Å². The number of benzene rings is 1. The van der Waals surface area contributed by atoms with Gasteiger partial charge in [0.05, 0.1) is 18.1 Å². The molecular weight excluding hydrogens is 258 g/mol. The Balaban J connectivity index is 2.15. The Labute approximate surface area is 118 Å². The van der Waals surface area contributed by atoms with Gasteiger partial charge in [-0.15, -0.1) is 0 Å². The second-order valence-corrected chi connectivity index (χ2v) is 5.15. The van der Waals surface area contributed by atoms with Gasteiger partial charge in [0, 0.05) is 20.2 Å². The third-order valence-corrected chi connectivity index (χ3v) is 3.62. The Hall–Kier alpha value is -1.88. The van der Waals surface area contributed by atoms with Crippen molar-refractivity contribution in [1.29, 1.82) is 0 Å². The second kappa shape index (κ2) is 6.05. The normalized spacial score (nSPS) is 15.6. The highest BCUT2D eigenvalue weighted by molar-refractivity contribution is 5.88. The van der Waals surface area contributed by atoms with Crippen molar-refractivity contribution in [3.63, 3.8) is 0 Å². The van der Waals surface area contributed by atoms with Crippen molar-refractivity contribution >= 4 is 11.9 Å². The zero-order valence-corrected chi connectivity index (χ0v) is 11.8. The van der Waals surface area contributed by atoms with Crippen molar-refractivity contribution in [2.45, 2.75) is 19.9 Å². The summed E-state index contributed by atoms with van der Waals surface area (Å²) in [5.41, 5.74) is 2.32. The highest BCUT2D eigenvalue weighted by atomic mass is 16.5. The van der Waals surface area contributed by atoms with Crippen LogP contribution in [-0.2, 0) is 22.5 Å². The molecule has 0 aliphatic carbocycles. The summed E-state index contributed by atoms with van der Waals surface area (Å²) in [6.07, 6.45) is 0.765. The summed E-state index contributed by atoms with van der Waals surface area (Å²) in [6, 6.07) is 5.13. The standard InChI is InChI=1S/C15H19NO4/c1-10(9-20-2)14(17)16-6-5-11-3-4-12(15(18)19)7-13(11)8-16/h3-4,7,10H,5-6,8-9H2,1-2H3,(H,18,19). The molecule has 5 nitrogen and oxygen atoms in total. The molecule has 1 amide bonds. The van der Waals surface area contributed by atoms with Crippen LogP contribution in [-0.4, -0.2) is 42.1 Å². The molecule has 20 heavy (non-hydrogen) atoms. The lowest BCUT2D eigenvalue weighted by molar-refractivity contribution is -0.137. The molecule has 1 N–H and O–H groups in total. The minimum absolute atomic E-state index is 0.0539.